The number of aromatic nitrogens is 4. The maximum Gasteiger partial charge on any atom is 0.224 e. The standard InChI is InChI=1S/C13H8BrCl2N5/c1-21(11-6-17-5-10(14)19-11)12-8-3-2-7(15)4-9(8)18-13(16)20-12/h2-6H,1H3. The van der Waals surface area contributed by atoms with Crippen molar-refractivity contribution in [2.75, 3.05) is 11.9 Å². The van der Waals surface area contributed by atoms with Crippen LogP contribution in [0.3, 0.4) is 0 Å². The van der Waals surface area contributed by atoms with Crippen LogP contribution in [0.15, 0.2) is 35.2 Å². The Hall–Kier alpha value is -1.50. The zero-order valence-corrected chi connectivity index (χ0v) is 13.9. The van der Waals surface area contributed by atoms with Crippen LogP contribution >= 0.6 is 39.1 Å². The minimum absolute atomic E-state index is 0.148. The van der Waals surface area contributed by atoms with E-state index in [2.05, 4.69) is 35.9 Å². The van der Waals surface area contributed by atoms with Crippen LogP contribution in [0, 0.1) is 0 Å². The van der Waals surface area contributed by atoms with Crippen molar-refractivity contribution >= 4 is 61.7 Å². The van der Waals surface area contributed by atoms with E-state index in [0.717, 1.165) is 5.39 Å². The molecular weight excluding hydrogens is 377 g/mol. The van der Waals surface area contributed by atoms with E-state index in [1.165, 1.54) is 0 Å². The molecule has 0 aliphatic rings. The second-order valence-corrected chi connectivity index (χ2v) is 5.82. The van der Waals surface area contributed by atoms with Crippen LogP contribution in [0.2, 0.25) is 10.3 Å². The Morgan fingerprint density at radius 2 is 1.90 bits per heavy atom. The first-order valence-electron chi connectivity index (χ1n) is 5.88. The summed E-state index contributed by atoms with van der Waals surface area (Å²) in [5.74, 6) is 1.27. The van der Waals surface area contributed by atoms with Gasteiger partial charge in [0.2, 0.25) is 5.28 Å². The van der Waals surface area contributed by atoms with E-state index in [1.54, 1.807) is 29.4 Å². The normalized spacial score (nSPS) is 10.9. The minimum Gasteiger partial charge on any atom is -0.312 e. The Morgan fingerprint density at radius 3 is 2.67 bits per heavy atom. The summed E-state index contributed by atoms with van der Waals surface area (Å²) >= 11 is 15.3. The highest BCUT2D eigenvalue weighted by atomic mass is 79.9. The lowest BCUT2D eigenvalue weighted by Gasteiger charge is -2.18. The summed E-state index contributed by atoms with van der Waals surface area (Å²) in [6.07, 6.45) is 3.25. The van der Waals surface area contributed by atoms with Crippen molar-refractivity contribution in [3.63, 3.8) is 0 Å². The topological polar surface area (TPSA) is 54.8 Å². The van der Waals surface area contributed by atoms with Gasteiger partial charge < -0.3 is 4.90 Å². The SMILES string of the molecule is CN(c1cncc(Br)n1)c1nc(Cl)nc2cc(Cl)ccc12. The molecule has 0 atom stereocenters. The molecule has 8 heteroatoms. The van der Waals surface area contributed by atoms with Crippen LogP contribution in [-0.2, 0) is 0 Å². The third-order valence-electron chi connectivity index (χ3n) is 2.87. The Labute approximate surface area is 139 Å². The fourth-order valence-electron chi connectivity index (χ4n) is 1.92. The molecule has 5 nitrogen and oxygen atoms in total. The first-order chi connectivity index (χ1) is 10.0. The number of hydrogen-bond donors (Lipinski definition) is 0. The van der Waals surface area contributed by atoms with Crippen molar-refractivity contribution < 1.29 is 0 Å². The molecule has 0 radical (unpaired) electrons. The highest BCUT2D eigenvalue weighted by Crippen LogP contribution is 2.30. The lowest BCUT2D eigenvalue weighted by molar-refractivity contribution is 1.04. The molecule has 0 fully saturated rings. The molecule has 3 rings (SSSR count). The van der Waals surface area contributed by atoms with Gasteiger partial charge in [0.1, 0.15) is 10.4 Å². The van der Waals surface area contributed by atoms with E-state index in [0.29, 0.717) is 26.8 Å². The van der Waals surface area contributed by atoms with Gasteiger partial charge in [-0.2, -0.15) is 4.98 Å². The summed E-state index contributed by atoms with van der Waals surface area (Å²) in [6.45, 7) is 0. The summed E-state index contributed by atoms with van der Waals surface area (Å²) in [7, 11) is 1.84. The summed E-state index contributed by atoms with van der Waals surface area (Å²) in [5, 5.41) is 1.57. The van der Waals surface area contributed by atoms with Gasteiger partial charge in [-0.05, 0) is 45.7 Å². The molecule has 0 amide bonds. The van der Waals surface area contributed by atoms with Gasteiger partial charge in [0.25, 0.3) is 0 Å². The fourth-order valence-corrected chi connectivity index (χ4v) is 2.55. The molecule has 0 N–H and O–H groups in total. The lowest BCUT2D eigenvalue weighted by atomic mass is 10.2. The van der Waals surface area contributed by atoms with Gasteiger partial charge in [-0.1, -0.05) is 11.6 Å². The molecule has 0 bridgehead atoms. The number of fused-ring (bicyclic) bond motifs is 1. The van der Waals surface area contributed by atoms with Crippen LogP contribution < -0.4 is 4.90 Å². The van der Waals surface area contributed by atoms with Crippen molar-refractivity contribution in [1.82, 2.24) is 19.9 Å². The van der Waals surface area contributed by atoms with E-state index in [-0.39, 0.29) is 5.28 Å². The molecule has 1 aromatic carbocycles. The maximum atomic E-state index is 6.00. The number of halogens is 3. The molecule has 0 unspecified atom stereocenters. The van der Waals surface area contributed by atoms with Crippen LogP contribution in [0.4, 0.5) is 11.6 Å². The Balaban J connectivity index is 2.19. The minimum atomic E-state index is 0.148. The van der Waals surface area contributed by atoms with Gasteiger partial charge in [-0.25, -0.2) is 9.97 Å². The van der Waals surface area contributed by atoms with Crippen molar-refractivity contribution in [1.29, 1.82) is 0 Å². The molecular formula is C13H8BrCl2N5. The summed E-state index contributed by atoms with van der Waals surface area (Å²) in [4.78, 5) is 18.7. The van der Waals surface area contributed by atoms with Gasteiger partial charge in [-0.3, -0.25) is 4.98 Å². The highest BCUT2D eigenvalue weighted by Gasteiger charge is 2.14. The first-order valence-corrected chi connectivity index (χ1v) is 7.43. The number of rotatable bonds is 2. The van der Waals surface area contributed by atoms with E-state index < -0.39 is 0 Å². The van der Waals surface area contributed by atoms with Crippen LogP contribution in [0.5, 0.6) is 0 Å². The zero-order valence-electron chi connectivity index (χ0n) is 10.8. The van der Waals surface area contributed by atoms with Crippen LogP contribution in [0.1, 0.15) is 0 Å². The average Bonchev–Trinajstić information content (AvgIpc) is 2.45. The number of benzene rings is 1. The summed E-state index contributed by atoms with van der Waals surface area (Å²) < 4.78 is 0.638. The van der Waals surface area contributed by atoms with Crippen molar-refractivity contribution in [3.05, 3.63) is 45.5 Å². The first kappa shape index (κ1) is 14.4. The molecule has 0 aliphatic carbocycles. The average molecular weight is 385 g/mol. The van der Waals surface area contributed by atoms with Crippen molar-refractivity contribution in [2.24, 2.45) is 0 Å². The van der Waals surface area contributed by atoms with Crippen molar-refractivity contribution in [3.8, 4) is 0 Å². The highest BCUT2D eigenvalue weighted by molar-refractivity contribution is 9.10. The number of nitrogens with zero attached hydrogens (tertiary/aromatic N) is 5. The predicted octanol–water partition coefficient (Wildman–Crippen LogP) is 4.26. The summed E-state index contributed by atoms with van der Waals surface area (Å²) in [6, 6.07) is 5.38. The van der Waals surface area contributed by atoms with E-state index in [1.807, 2.05) is 13.1 Å². The Bertz CT molecular complexity index is 822. The molecule has 3 aromatic rings. The predicted molar refractivity (Wildman–Crippen MR) is 87.4 cm³/mol. The summed E-state index contributed by atoms with van der Waals surface area (Å²) in [5.41, 5.74) is 0.673. The molecule has 2 aromatic heterocycles. The van der Waals surface area contributed by atoms with Gasteiger partial charge in [0.05, 0.1) is 17.9 Å². The second-order valence-electron chi connectivity index (χ2n) is 4.24. The molecule has 0 saturated carbocycles. The van der Waals surface area contributed by atoms with E-state index >= 15 is 0 Å². The molecule has 0 aliphatic heterocycles. The van der Waals surface area contributed by atoms with Crippen LogP contribution in [-0.4, -0.2) is 27.0 Å². The Morgan fingerprint density at radius 1 is 1.10 bits per heavy atom. The lowest BCUT2D eigenvalue weighted by Crippen LogP contribution is -2.14. The van der Waals surface area contributed by atoms with Gasteiger partial charge >= 0.3 is 0 Å². The fraction of sp³-hybridized carbons (Fsp3) is 0.0769. The van der Waals surface area contributed by atoms with Crippen LogP contribution in [0.25, 0.3) is 10.9 Å². The molecule has 0 saturated heterocycles. The molecule has 106 valence electrons. The molecule has 21 heavy (non-hydrogen) atoms. The molecule has 2 heterocycles. The second kappa shape index (κ2) is 5.71. The Kier molecular flexibility index (Phi) is 3.93. The van der Waals surface area contributed by atoms with Gasteiger partial charge in [0.15, 0.2) is 5.82 Å². The smallest absolute Gasteiger partial charge is 0.224 e. The molecule has 0 spiro atoms. The number of anilines is 2. The van der Waals surface area contributed by atoms with Crippen molar-refractivity contribution in [2.45, 2.75) is 0 Å². The third kappa shape index (κ3) is 2.92. The number of hydrogen-bond acceptors (Lipinski definition) is 5. The van der Waals surface area contributed by atoms with E-state index in [4.69, 9.17) is 23.2 Å². The van der Waals surface area contributed by atoms with Gasteiger partial charge in [0, 0.05) is 17.5 Å². The maximum absolute atomic E-state index is 6.00. The monoisotopic (exact) mass is 383 g/mol. The van der Waals surface area contributed by atoms with Gasteiger partial charge in [-0.15, -0.1) is 0 Å². The zero-order chi connectivity index (χ0) is 15.0. The largest absolute Gasteiger partial charge is 0.312 e. The van der Waals surface area contributed by atoms with E-state index in [9.17, 15) is 0 Å². The quantitative estimate of drug-likeness (QED) is 0.618. The third-order valence-corrected chi connectivity index (χ3v) is 3.65.